The quantitative estimate of drug-likeness (QED) is 0.297. The van der Waals surface area contributed by atoms with Gasteiger partial charge in [-0.1, -0.05) is 60.6 Å². The van der Waals surface area contributed by atoms with E-state index in [-0.39, 0.29) is 10.8 Å². The first kappa shape index (κ1) is 24.9. The lowest BCUT2D eigenvalue weighted by Crippen LogP contribution is -2.19. The van der Waals surface area contributed by atoms with Crippen LogP contribution in [0, 0.1) is 41.7 Å². The SMILES string of the molecule is CCc1cc2c3c(c1=c1ccc=3c(OC(C)O)c1C(C)(C)C)=c1ccc=2c(C(C)(C)C)c1OC(C)O. The Bertz CT molecular complexity index is 1780. The van der Waals surface area contributed by atoms with Crippen molar-refractivity contribution in [2.75, 3.05) is 0 Å². The minimum absolute atomic E-state index is 0.214. The Hall–Kier alpha value is -2.82. The van der Waals surface area contributed by atoms with Crippen LogP contribution in [0.1, 0.15) is 79.0 Å². The molecule has 2 unspecified atom stereocenters. The number of benzene rings is 3. The van der Waals surface area contributed by atoms with Crippen LogP contribution in [0.15, 0.2) is 30.3 Å². The molecule has 0 aliphatic heterocycles. The molecule has 7 rings (SSSR count). The van der Waals surface area contributed by atoms with E-state index in [9.17, 15) is 10.2 Å². The van der Waals surface area contributed by atoms with Crippen LogP contribution in [0.5, 0.6) is 11.5 Å². The summed E-state index contributed by atoms with van der Waals surface area (Å²) >= 11 is 0. The normalized spacial score (nSPS) is 15.0. The van der Waals surface area contributed by atoms with E-state index in [4.69, 9.17) is 9.47 Å². The molecular weight excluding hydrogens is 448 g/mol. The van der Waals surface area contributed by atoms with Crippen molar-refractivity contribution in [3.05, 3.63) is 88.8 Å². The molecule has 0 spiro atoms. The highest BCUT2D eigenvalue weighted by molar-refractivity contribution is 5.53. The molecule has 36 heavy (non-hydrogen) atoms. The van der Waals surface area contributed by atoms with Gasteiger partial charge in [0.05, 0.1) is 0 Å². The average Bonchev–Trinajstić information content (AvgIpc) is 3.00. The lowest BCUT2D eigenvalue weighted by Gasteiger charge is -2.25. The van der Waals surface area contributed by atoms with Crippen molar-refractivity contribution in [2.45, 2.75) is 92.1 Å². The maximum Gasteiger partial charge on any atom is 0.194 e. The van der Waals surface area contributed by atoms with E-state index in [2.05, 4.69) is 78.8 Å². The Morgan fingerprint density at radius 2 is 1.08 bits per heavy atom. The molecule has 3 aromatic carbocycles. The van der Waals surface area contributed by atoms with E-state index in [1.807, 2.05) is 0 Å². The molecule has 3 aromatic rings. The van der Waals surface area contributed by atoms with Gasteiger partial charge >= 0.3 is 0 Å². The van der Waals surface area contributed by atoms with Gasteiger partial charge in [0.25, 0.3) is 0 Å². The van der Waals surface area contributed by atoms with Crippen molar-refractivity contribution in [3.8, 4) is 11.5 Å². The van der Waals surface area contributed by atoms with Gasteiger partial charge in [0.15, 0.2) is 12.6 Å². The predicted molar refractivity (Wildman–Crippen MR) is 141 cm³/mol. The zero-order valence-electron chi connectivity index (χ0n) is 23.0. The minimum Gasteiger partial charge on any atom is -0.464 e. The van der Waals surface area contributed by atoms with Gasteiger partial charge < -0.3 is 19.7 Å². The van der Waals surface area contributed by atoms with E-state index in [0.29, 0.717) is 0 Å². The van der Waals surface area contributed by atoms with Gasteiger partial charge in [-0.3, -0.25) is 0 Å². The summed E-state index contributed by atoms with van der Waals surface area (Å²) in [5.41, 5.74) is 3.05. The van der Waals surface area contributed by atoms with Crippen LogP contribution in [-0.4, -0.2) is 22.8 Å². The molecule has 0 saturated carbocycles. The fraction of sp³-hybridized carbons (Fsp3) is 0.438. The van der Waals surface area contributed by atoms with Crippen molar-refractivity contribution in [2.24, 2.45) is 0 Å². The van der Waals surface area contributed by atoms with Crippen LogP contribution in [0.2, 0.25) is 0 Å². The average molecular weight is 487 g/mol. The number of fused-ring (bicyclic) bond motifs is 4. The minimum atomic E-state index is -0.938. The van der Waals surface area contributed by atoms with Gasteiger partial charge in [0.2, 0.25) is 0 Å². The van der Waals surface area contributed by atoms with E-state index in [0.717, 1.165) is 65.6 Å². The molecule has 0 heterocycles. The standard InChI is InChI=1S/C32H38O4/c1-10-18-15-23-19-11-13-22(30(36-17(3)34)27(19)31(4,5)6)26-24(18)20-12-14-21(25(23)26)29(35-16(2)33)28(20)32(7,8)9/h11-17,33-34H,10H2,1-9H3. The zero-order chi connectivity index (χ0) is 26.3. The Labute approximate surface area is 212 Å². The first-order valence-electron chi connectivity index (χ1n) is 13.0. The summed E-state index contributed by atoms with van der Waals surface area (Å²) in [5.74, 6) is 1.50. The third-order valence-corrected chi connectivity index (χ3v) is 7.28. The molecule has 0 amide bonds. The molecule has 190 valence electrons. The Morgan fingerprint density at radius 1 is 0.639 bits per heavy atom. The van der Waals surface area contributed by atoms with Crippen molar-refractivity contribution in [3.63, 3.8) is 0 Å². The Kier molecular flexibility index (Phi) is 5.59. The summed E-state index contributed by atoms with van der Waals surface area (Å²) in [6, 6.07) is 11.1. The Balaban J connectivity index is 2.32. The lowest BCUT2D eigenvalue weighted by molar-refractivity contribution is -0.00282. The van der Waals surface area contributed by atoms with E-state index >= 15 is 0 Å². The number of aliphatic hydroxyl groups is 2. The Morgan fingerprint density at radius 3 is 1.56 bits per heavy atom. The third kappa shape index (κ3) is 3.57. The maximum absolute atomic E-state index is 10.4. The summed E-state index contributed by atoms with van der Waals surface area (Å²) in [7, 11) is 0. The zero-order valence-corrected chi connectivity index (χ0v) is 23.0. The molecule has 0 radical (unpaired) electrons. The number of aryl methyl sites for hydroxylation is 1. The summed E-state index contributed by atoms with van der Waals surface area (Å²) in [6.07, 6.45) is -0.997. The van der Waals surface area contributed by atoms with E-state index < -0.39 is 12.6 Å². The van der Waals surface area contributed by atoms with Gasteiger partial charge in [0, 0.05) is 32.0 Å². The molecule has 4 aliphatic carbocycles. The second kappa shape index (κ2) is 8.09. The van der Waals surface area contributed by atoms with Crippen LogP contribution in [0.4, 0.5) is 0 Å². The van der Waals surface area contributed by atoms with Crippen LogP contribution in [0.3, 0.4) is 0 Å². The van der Waals surface area contributed by atoms with Gasteiger partial charge in [-0.2, -0.15) is 0 Å². The molecule has 4 heteroatoms. The smallest absolute Gasteiger partial charge is 0.194 e. The number of ether oxygens (including phenoxy) is 2. The van der Waals surface area contributed by atoms with Crippen LogP contribution in [0.25, 0.3) is 0 Å². The monoisotopic (exact) mass is 486 g/mol. The second-order valence-electron chi connectivity index (χ2n) is 12.2. The summed E-state index contributed by atoms with van der Waals surface area (Å²) in [6.45, 7) is 18.7. The fourth-order valence-corrected chi connectivity index (χ4v) is 6.15. The molecule has 0 fully saturated rings. The fourth-order valence-electron chi connectivity index (χ4n) is 6.15. The predicted octanol–water partition coefficient (Wildman–Crippen LogP) is 6.05. The molecule has 0 aromatic heterocycles. The summed E-state index contributed by atoms with van der Waals surface area (Å²) < 4.78 is 12.4. The first-order valence-corrected chi connectivity index (χ1v) is 13.0. The summed E-state index contributed by atoms with van der Waals surface area (Å²) in [5, 5.41) is 29.6. The van der Waals surface area contributed by atoms with Crippen molar-refractivity contribution in [1.29, 1.82) is 0 Å². The number of aliphatic hydroxyl groups excluding tert-OH is 2. The molecule has 2 atom stereocenters. The lowest BCUT2D eigenvalue weighted by atomic mass is 9.83. The van der Waals surface area contributed by atoms with Gasteiger partial charge in [-0.15, -0.1) is 0 Å². The summed E-state index contributed by atoms with van der Waals surface area (Å²) in [4.78, 5) is 0. The van der Waals surface area contributed by atoms with Gasteiger partial charge in [-0.25, -0.2) is 0 Å². The number of rotatable bonds is 5. The third-order valence-electron chi connectivity index (χ3n) is 7.28. The highest BCUT2D eigenvalue weighted by Crippen LogP contribution is 2.41. The molecule has 4 nitrogen and oxygen atoms in total. The van der Waals surface area contributed by atoms with Gasteiger partial charge in [-0.05, 0) is 75.7 Å². The molecular formula is C32H38O4. The van der Waals surface area contributed by atoms with Crippen molar-refractivity contribution < 1.29 is 19.7 Å². The van der Waals surface area contributed by atoms with Crippen LogP contribution < -0.4 is 9.47 Å². The molecule has 2 N–H and O–H groups in total. The largest absolute Gasteiger partial charge is 0.464 e. The number of hydrogen-bond donors (Lipinski definition) is 2. The van der Waals surface area contributed by atoms with Crippen LogP contribution in [-0.2, 0) is 17.3 Å². The maximum atomic E-state index is 10.4. The topological polar surface area (TPSA) is 58.9 Å². The number of hydrogen-bond acceptors (Lipinski definition) is 4. The van der Waals surface area contributed by atoms with E-state index in [1.165, 1.54) is 10.8 Å². The van der Waals surface area contributed by atoms with Crippen molar-refractivity contribution >= 4 is 0 Å². The first-order chi connectivity index (χ1) is 16.8. The van der Waals surface area contributed by atoms with E-state index in [1.54, 1.807) is 13.8 Å². The second-order valence-corrected chi connectivity index (χ2v) is 12.2. The molecule has 4 aliphatic rings. The van der Waals surface area contributed by atoms with Crippen LogP contribution >= 0.6 is 0 Å². The highest BCUT2D eigenvalue weighted by Gasteiger charge is 2.29. The van der Waals surface area contributed by atoms with Gasteiger partial charge in [0.1, 0.15) is 11.5 Å². The highest BCUT2D eigenvalue weighted by atomic mass is 16.6. The molecule has 0 saturated heterocycles. The van der Waals surface area contributed by atoms with Crippen molar-refractivity contribution in [1.82, 2.24) is 0 Å². The molecule has 8 bridgehead atoms.